The molecule has 0 fully saturated rings. The van der Waals surface area contributed by atoms with Crippen LogP contribution in [0.25, 0.3) is 17.1 Å². The van der Waals surface area contributed by atoms with Gasteiger partial charge in [-0.05, 0) is 31.5 Å². The van der Waals surface area contributed by atoms with Crippen LogP contribution in [-0.4, -0.2) is 27.0 Å². The first-order chi connectivity index (χ1) is 14.2. The summed E-state index contributed by atoms with van der Waals surface area (Å²) in [7, 11) is 0. The van der Waals surface area contributed by atoms with Crippen LogP contribution in [0.15, 0.2) is 67.7 Å². The Balaban J connectivity index is 1.72. The molecule has 0 spiro atoms. The van der Waals surface area contributed by atoms with Gasteiger partial charge < -0.3 is 4.84 Å². The van der Waals surface area contributed by atoms with Crippen LogP contribution in [0.1, 0.15) is 25.0 Å². The quantitative estimate of drug-likeness (QED) is 0.304. The number of nitrogens with zero attached hydrogens (tertiary/aromatic N) is 3. The molecule has 5 nitrogen and oxygen atoms in total. The molecule has 0 aliphatic heterocycles. The second kappa shape index (κ2) is 8.71. The molecule has 2 aromatic carbocycles. The van der Waals surface area contributed by atoms with Crippen molar-refractivity contribution in [1.29, 1.82) is 0 Å². The molecule has 0 aliphatic rings. The summed E-state index contributed by atoms with van der Waals surface area (Å²) in [6, 6.07) is 13.1. The van der Waals surface area contributed by atoms with Crippen molar-refractivity contribution in [2.45, 2.75) is 31.9 Å². The number of nitrogens with one attached hydrogen (secondary N) is 1. The Morgan fingerprint density at radius 3 is 2.33 bits per heavy atom. The first-order valence-electron chi connectivity index (χ1n) is 9.36. The summed E-state index contributed by atoms with van der Waals surface area (Å²) in [5.41, 5.74) is 2.97. The molecule has 0 bridgehead atoms. The van der Waals surface area contributed by atoms with Crippen LogP contribution in [0.2, 0.25) is 0 Å². The van der Waals surface area contributed by atoms with Crippen molar-refractivity contribution in [2.24, 2.45) is 0 Å². The summed E-state index contributed by atoms with van der Waals surface area (Å²) >= 11 is 0. The highest BCUT2D eigenvalue weighted by Crippen LogP contribution is 2.29. The maximum atomic E-state index is 14.1. The lowest BCUT2D eigenvalue weighted by atomic mass is 10.0. The maximum absolute atomic E-state index is 14.1. The van der Waals surface area contributed by atoms with Crippen molar-refractivity contribution >= 4 is 0 Å². The zero-order valence-electron chi connectivity index (χ0n) is 16.8. The van der Waals surface area contributed by atoms with E-state index < -0.39 is 18.1 Å². The zero-order valence-corrected chi connectivity index (χ0v) is 16.8. The number of rotatable bonds is 9. The summed E-state index contributed by atoms with van der Waals surface area (Å²) in [5, 5.41) is 4.41. The standard InChI is InChI=1S/C22H23F3N4O/c1-4-30-27-14-22(24,25)18-9-7-17(8-10-18)20-26-15-29(28-20)19-11-5-16(6-12-19)13-21(2,3)23/h4-12,15,27H,1,13-14H2,2-3H3. The number of hydrogen-bond donors (Lipinski definition) is 1. The van der Waals surface area contributed by atoms with E-state index in [4.69, 9.17) is 0 Å². The smallest absolute Gasteiger partial charge is 0.288 e. The van der Waals surface area contributed by atoms with Crippen LogP contribution < -0.4 is 5.48 Å². The van der Waals surface area contributed by atoms with Crippen LogP contribution in [-0.2, 0) is 17.2 Å². The van der Waals surface area contributed by atoms with Crippen molar-refractivity contribution in [1.82, 2.24) is 20.2 Å². The lowest BCUT2D eigenvalue weighted by Crippen LogP contribution is -2.29. The number of hydroxylamine groups is 1. The fourth-order valence-electron chi connectivity index (χ4n) is 2.93. The van der Waals surface area contributed by atoms with Gasteiger partial charge in [0.2, 0.25) is 0 Å². The van der Waals surface area contributed by atoms with E-state index in [1.165, 1.54) is 26.0 Å². The van der Waals surface area contributed by atoms with E-state index in [1.54, 1.807) is 23.1 Å². The van der Waals surface area contributed by atoms with Gasteiger partial charge in [0.05, 0.1) is 12.2 Å². The molecular weight excluding hydrogens is 393 g/mol. The normalized spacial score (nSPS) is 12.0. The summed E-state index contributed by atoms with van der Waals surface area (Å²) in [6.07, 6.45) is 2.90. The minimum atomic E-state index is -3.11. The van der Waals surface area contributed by atoms with E-state index in [2.05, 4.69) is 27.0 Å². The predicted octanol–water partition coefficient (Wildman–Crippen LogP) is 4.98. The summed E-state index contributed by atoms with van der Waals surface area (Å²) < 4.78 is 43.6. The molecule has 158 valence electrons. The SMILES string of the molecule is C=CONCC(F)(F)c1ccc(-c2ncn(-c3ccc(CC(C)(C)F)cc3)n2)cc1. The highest BCUT2D eigenvalue weighted by atomic mass is 19.3. The van der Waals surface area contributed by atoms with E-state index in [0.717, 1.165) is 17.5 Å². The monoisotopic (exact) mass is 416 g/mol. The molecule has 1 heterocycles. The molecule has 0 amide bonds. The average molecular weight is 416 g/mol. The second-order valence-electron chi connectivity index (χ2n) is 7.46. The Labute approximate surface area is 173 Å². The number of halogens is 3. The first kappa shape index (κ1) is 21.6. The van der Waals surface area contributed by atoms with Crippen LogP contribution >= 0.6 is 0 Å². The van der Waals surface area contributed by atoms with Gasteiger partial charge in [-0.2, -0.15) is 14.3 Å². The largest absolute Gasteiger partial charge is 0.417 e. The fourth-order valence-corrected chi connectivity index (χ4v) is 2.93. The molecule has 1 aromatic heterocycles. The van der Waals surface area contributed by atoms with E-state index in [0.29, 0.717) is 17.8 Å². The predicted molar refractivity (Wildman–Crippen MR) is 109 cm³/mol. The second-order valence-corrected chi connectivity index (χ2v) is 7.46. The number of benzene rings is 2. The van der Waals surface area contributed by atoms with Gasteiger partial charge in [-0.3, -0.25) is 0 Å². The van der Waals surface area contributed by atoms with Gasteiger partial charge in [0.1, 0.15) is 18.3 Å². The number of aromatic nitrogens is 3. The van der Waals surface area contributed by atoms with E-state index in [-0.39, 0.29) is 5.56 Å². The third-order valence-electron chi connectivity index (χ3n) is 4.34. The molecule has 1 N–H and O–H groups in total. The zero-order chi connectivity index (χ0) is 21.8. The van der Waals surface area contributed by atoms with E-state index in [1.807, 2.05) is 24.3 Å². The third-order valence-corrected chi connectivity index (χ3v) is 4.34. The van der Waals surface area contributed by atoms with Gasteiger partial charge in [-0.25, -0.2) is 14.1 Å². The average Bonchev–Trinajstić information content (AvgIpc) is 3.18. The van der Waals surface area contributed by atoms with Gasteiger partial charge in [0.25, 0.3) is 5.92 Å². The highest BCUT2D eigenvalue weighted by Gasteiger charge is 2.31. The van der Waals surface area contributed by atoms with E-state index in [9.17, 15) is 13.2 Å². The van der Waals surface area contributed by atoms with Gasteiger partial charge >= 0.3 is 0 Å². The van der Waals surface area contributed by atoms with Crippen molar-refractivity contribution in [2.75, 3.05) is 6.54 Å². The maximum Gasteiger partial charge on any atom is 0.288 e. The van der Waals surface area contributed by atoms with Crippen LogP contribution in [0, 0.1) is 0 Å². The van der Waals surface area contributed by atoms with Gasteiger partial charge in [-0.15, -0.1) is 5.10 Å². The Morgan fingerprint density at radius 1 is 1.07 bits per heavy atom. The molecule has 0 aliphatic carbocycles. The molecule has 3 aromatic rings. The Morgan fingerprint density at radius 2 is 1.73 bits per heavy atom. The minimum absolute atomic E-state index is 0.155. The third kappa shape index (κ3) is 5.48. The summed E-state index contributed by atoms with van der Waals surface area (Å²) in [6.45, 7) is 5.68. The molecule has 0 unspecified atom stereocenters. The molecular formula is C22H23F3N4O. The van der Waals surface area contributed by atoms with Gasteiger partial charge in [0, 0.05) is 17.5 Å². The molecule has 3 rings (SSSR count). The van der Waals surface area contributed by atoms with Crippen LogP contribution in [0.5, 0.6) is 0 Å². The van der Waals surface area contributed by atoms with E-state index >= 15 is 0 Å². The van der Waals surface area contributed by atoms with Crippen molar-refractivity contribution in [3.8, 4) is 17.1 Å². The summed E-state index contributed by atoms with van der Waals surface area (Å²) in [4.78, 5) is 8.81. The number of alkyl halides is 3. The highest BCUT2D eigenvalue weighted by molar-refractivity contribution is 5.55. The molecule has 8 heteroatoms. The van der Waals surface area contributed by atoms with Crippen LogP contribution in [0.3, 0.4) is 0 Å². The molecule has 0 saturated carbocycles. The lowest BCUT2D eigenvalue weighted by Gasteiger charge is -2.16. The first-order valence-corrected chi connectivity index (χ1v) is 9.36. The Bertz CT molecular complexity index is 977. The molecule has 30 heavy (non-hydrogen) atoms. The van der Waals surface area contributed by atoms with Crippen molar-refractivity contribution in [3.63, 3.8) is 0 Å². The summed E-state index contributed by atoms with van der Waals surface area (Å²) in [5.74, 6) is -2.70. The Kier molecular flexibility index (Phi) is 6.26. The topological polar surface area (TPSA) is 52.0 Å². The molecule has 0 atom stereocenters. The number of hydrogen-bond acceptors (Lipinski definition) is 4. The van der Waals surface area contributed by atoms with Crippen molar-refractivity contribution in [3.05, 3.63) is 78.8 Å². The molecule has 0 saturated heterocycles. The van der Waals surface area contributed by atoms with Gasteiger partial charge in [-0.1, -0.05) is 43.0 Å². The van der Waals surface area contributed by atoms with Crippen molar-refractivity contribution < 1.29 is 18.0 Å². The van der Waals surface area contributed by atoms with Gasteiger partial charge in [0.15, 0.2) is 5.82 Å². The molecule has 0 radical (unpaired) electrons. The van der Waals surface area contributed by atoms with Crippen LogP contribution in [0.4, 0.5) is 13.2 Å². The fraction of sp³-hybridized carbons (Fsp3) is 0.273. The Hall–Kier alpha value is -3.13. The minimum Gasteiger partial charge on any atom is -0.417 e. The lowest BCUT2D eigenvalue weighted by molar-refractivity contribution is -0.0386.